The van der Waals surface area contributed by atoms with Gasteiger partial charge in [-0.05, 0) is 25.5 Å². The Morgan fingerprint density at radius 2 is 2.08 bits per heavy atom. The Balaban J connectivity index is 2.60. The fraction of sp³-hybridized carbons (Fsp3) is 0.364. The van der Waals surface area contributed by atoms with Gasteiger partial charge in [0, 0.05) is 12.7 Å². The van der Waals surface area contributed by atoms with Crippen LogP contribution in [-0.4, -0.2) is 13.0 Å². The highest BCUT2D eigenvalue weighted by atomic mass is 16.2. The molecule has 1 amide bonds. The molecule has 13 heavy (non-hydrogen) atoms. The standard InChI is InChI=1S/C11H13NO/c1-7-4-5-10-9(6-7)8(2)11(13)12(10)3/h4-6,8H,1-3H3. The zero-order valence-corrected chi connectivity index (χ0v) is 8.16. The quantitative estimate of drug-likeness (QED) is 0.591. The van der Waals surface area contributed by atoms with E-state index in [1.807, 2.05) is 26.1 Å². The summed E-state index contributed by atoms with van der Waals surface area (Å²) in [5, 5.41) is 0. The average molecular weight is 175 g/mol. The Labute approximate surface area is 78.2 Å². The molecule has 0 spiro atoms. The van der Waals surface area contributed by atoms with Gasteiger partial charge in [-0.1, -0.05) is 17.7 Å². The lowest BCUT2D eigenvalue weighted by atomic mass is 10.0. The minimum atomic E-state index is 0.0277. The van der Waals surface area contributed by atoms with Crippen LogP contribution in [0.2, 0.25) is 0 Å². The van der Waals surface area contributed by atoms with Gasteiger partial charge in [-0.25, -0.2) is 0 Å². The number of benzene rings is 1. The van der Waals surface area contributed by atoms with E-state index in [9.17, 15) is 4.79 Å². The zero-order valence-electron chi connectivity index (χ0n) is 8.16. The van der Waals surface area contributed by atoms with Crippen LogP contribution >= 0.6 is 0 Å². The first kappa shape index (κ1) is 8.30. The third kappa shape index (κ3) is 1.05. The number of hydrogen-bond donors (Lipinski definition) is 0. The molecule has 0 fully saturated rings. The lowest BCUT2D eigenvalue weighted by Gasteiger charge is -2.09. The lowest BCUT2D eigenvalue weighted by molar-refractivity contribution is -0.118. The predicted molar refractivity (Wildman–Crippen MR) is 53.0 cm³/mol. The van der Waals surface area contributed by atoms with Gasteiger partial charge in [0.15, 0.2) is 0 Å². The maximum Gasteiger partial charge on any atom is 0.234 e. The highest BCUT2D eigenvalue weighted by Crippen LogP contribution is 2.36. The van der Waals surface area contributed by atoms with Gasteiger partial charge in [-0.2, -0.15) is 0 Å². The highest BCUT2D eigenvalue weighted by Gasteiger charge is 2.31. The first-order valence-corrected chi connectivity index (χ1v) is 4.49. The molecule has 1 aliphatic rings. The van der Waals surface area contributed by atoms with Gasteiger partial charge in [0.25, 0.3) is 0 Å². The Morgan fingerprint density at radius 1 is 1.38 bits per heavy atom. The van der Waals surface area contributed by atoms with Crippen LogP contribution < -0.4 is 4.90 Å². The summed E-state index contributed by atoms with van der Waals surface area (Å²) >= 11 is 0. The summed E-state index contributed by atoms with van der Waals surface area (Å²) in [6, 6.07) is 6.16. The van der Waals surface area contributed by atoms with Crippen molar-refractivity contribution in [3.8, 4) is 0 Å². The molecule has 0 N–H and O–H groups in total. The summed E-state index contributed by atoms with van der Waals surface area (Å²) in [4.78, 5) is 13.3. The van der Waals surface area contributed by atoms with E-state index in [0.717, 1.165) is 11.3 Å². The number of anilines is 1. The maximum atomic E-state index is 11.6. The van der Waals surface area contributed by atoms with Crippen LogP contribution in [0.25, 0.3) is 0 Å². The number of hydrogen-bond acceptors (Lipinski definition) is 1. The van der Waals surface area contributed by atoms with E-state index in [0.29, 0.717) is 0 Å². The Hall–Kier alpha value is -1.31. The van der Waals surface area contributed by atoms with Crippen LogP contribution in [-0.2, 0) is 4.79 Å². The van der Waals surface area contributed by atoms with Crippen molar-refractivity contribution in [3.63, 3.8) is 0 Å². The van der Waals surface area contributed by atoms with Crippen LogP contribution in [0, 0.1) is 6.92 Å². The number of amides is 1. The van der Waals surface area contributed by atoms with Crippen LogP contribution in [0.4, 0.5) is 5.69 Å². The van der Waals surface area contributed by atoms with Crippen LogP contribution in [0.5, 0.6) is 0 Å². The summed E-state index contributed by atoms with van der Waals surface area (Å²) < 4.78 is 0. The van der Waals surface area contributed by atoms with E-state index >= 15 is 0 Å². The van der Waals surface area contributed by atoms with Crippen molar-refractivity contribution < 1.29 is 4.79 Å². The molecule has 1 aromatic carbocycles. The van der Waals surface area contributed by atoms with Gasteiger partial charge < -0.3 is 4.90 Å². The van der Waals surface area contributed by atoms with Crippen molar-refractivity contribution in [2.75, 3.05) is 11.9 Å². The number of nitrogens with zero attached hydrogens (tertiary/aromatic N) is 1. The van der Waals surface area contributed by atoms with Gasteiger partial charge in [-0.3, -0.25) is 4.79 Å². The van der Waals surface area contributed by atoms with Crippen molar-refractivity contribution in [2.24, 2.45) is 0 Å². The molecule has 2 nitrogen and oxygen atoms in total. The van der Waals surface area contributed by atoms with E-state index in [-0.39, 0.29) is 11.8 Å². The van der Waals surface area contributed by atoms with E-state index < -0.39 is 0 Å². The Kier molecular flexibility index (Phi) is 1.65. The van der Waals surface area contributed by atoms with Gasteiger partial charge in [0.1, 0.15) is 0 Å². The second-order valence-electron chi connectivity index (χ2n) is 3.68. The largest absolute Gasteiger partial charge is 0.315 e. The normalized spacial score (nSPS) is 20.7. The van der Waals surface area contributed by atoms with Crippen molar-refractivity contribution in [1.29, 1.82) is 0 Å². The molecule has 0 saturated carbocycles. The lowest BCUT2D eigenvalue weighted by Crippen LogP contribution is -2.22. The summed E-state index contributed by atoms with van der Waals surface area (Å²) in [6.45, 7) is 4.01. The summed E-state index contributed by atoms with van der Waals surface area (Å²) in [5.41, 5.74) is 3.43. The fourth-order valence-electron chi connectivity index (χ4n) is 1.87. The number of fused-ring (bicyclic) bond motifs is 1. The highest BCUT2D eigenvalue weighted by molar-refractivity contribution is 6.04. The van der Waals surface area contributed by atoms with Crippen molar-refractivity contribution in [1.82, 2.24) is 0 Å². The monoisotopic (exact) mass is 175 g/mol. The molecular formula is C11H13NO. The molecular weight excluding hydrogens is 162 g/mol. The fourth-order valence-corrected chi connectivity index (χ4v) is 1.87. The van der Waals surface area contributed by atoms with Crippen LogP contribution in [0.15, 0.2) is 18.2 Å². The number of likely N-dealkylation sites (N-methyl/N-ethyl adjacent to an activating group) is 1. The number of carbonyl (C=O) groups excluding carboxylic acids is 1. The minimum Gasteiger partial charge on any atom is -0.315 e. The third-order valence-corrected chi connectivity index (χ3v) is 2.71. The van der Waals surface area contributed by atoms with Gasteiger partial charge in [-0.15, -0.1) is 0 Å². The second-order valence-corrected chi connectivity index (χ2v) is 3.68. The third-order valence-electron chi connectivity index (χ3n) is 2.71. The van der Waals surface area contributed by atoms with Crippen LogP contribution in [0.3, 0.4) is 0 Å². The average Bonchev–Trinajstić information content (AvgIpc) is 2.32. The number of carbonyl (C=O) groups is 1. The van der Waals surface area contributed by atoms with E-state index in [1.165, 1.54) is 5.56 Å². The predicted octanol–water partition coefficient (Wildman–Crippen LogP) is 2.07. The molecule has 2 rings (SSSR count). The topological polar surface area (TPSA) is 20.3 Å². The number of rotatable bonds is 0. The van der Waals surface area contributed by atoms with Crippen molar-refractivity contribution in [2.45, 2.75) is 19.8 Å². The molecule has 1 aromatic rings. The van der Waals surface area contributed by atoms with E-state index in [2.05, 4.69) is 13.0 Å². The molecule has 1 unspecified atom stereocenters. The Bertz CT molecular complexity index is 370. The van der Waals surface area contributed by atoms with Crippen molar-refractivity contribution in [3.05, 3.63) is 29.3 Å². The maximum absolute atomic E-state index is 11.6. The molecule has 0 radical (unpaired) electrons. The van der Waals surface area contributed by atoms with Gasteiger partial charge in [0.05, 0.1) is 5.92 Å². The minimum absolute atomic E-state index is 0.0277. The molecule has 0 aliphatic carbocycles. The van der Waals surface area contributed by atoms with Crippen LogP contribution in [0.1, 0.15) is 24.0 Å². The second kappa shape index (κ2) is 2.59. The molecule has 2 heteroatoms. The molecule has 0 bridgehead atoms. The van der Waals surface area contributed by atoms with E-state index in [4.69, 9.17) is 0 Å². The molecule has 0 aromatic heterocycles. The molecule has 1 aliphatic heterocycles. The number of aryl methyl sites for hydroxylation is 1. The first-order chi connectivity index (χ1) is 6.11. The summed E-state index contributed by atoms with van der Waals surface area (Å²) in [7, 11) is 1.83. The van der Waals surface area contributed by atoms with E-state index in [1.54, 1.807) is 4.90 Å². The zero-order chi connectivity index (χ0) is 9.59. The SMILES string of the molecule is Cc1ccc2c(c1)C(C)C(=O)N2C. The molecule has 68 valence electrons. The van der Waals surface area contributed by atoms with Crippen molar-refractivity contribution >= 4 is 11.6 Å². The molecule has 1 atom stereocenters. The smallest absolute Gasteiger partial charge is 0.234 e. The molecule has 0 saturated heterocycles. The first-order valence-electron chi connectivity index (χ1n) is 4.49. The summed E-state index contributed by atoms with van der Waals surface area (Å²) in [5.74, 6) is 0.223. The Morgan fingerprint density at radius 3 is 2.77 bits per heavy atom. The summed E-state index contributed by atoms with van der Waals surface area (Å²) in [6.07, 6.45) is 0. The van der Waals surface area contributed by atoms with Gasteiger partial charge in [0.2, 0.25) is 5.91 Å². The molecule has 1 heterocycles. The van der Waals surface area contributed by atoms with Gasteiger partial charge >= 0.3 is 0 Å².